The lowest BCUT2D eigenvalue weighted by Gasteiger charge is -2.43. The number of aliphatic hydroxyl groups excluding tert-OH is 1. The summed E-state index contributed by atoms with van der Waals surface area (Å²) in [6.07, 6.45) is 1.58. The summed E-state index contributed by atoms with van der Waals surface area (Å²) in [5.74, 6) is -0.0581. The highest BCUT2D eigenvalue weighted by molar-refractivity contribution is 5.74. The highest BCUT2D eigenvalue weighted by Crippen LogP contribution is 2.20. The molecule has 0 aromatic carbocycles. The number of hydrogen-bond acceptors (Lipinski definition) is 3. The predicted molar refractivity (Wildman–Crippen MR) is 48.2 cm³/mol. The van der Waals surface area contributed by atoms with Crippen molar-refractivity contribution < 1.29 is 14.6 Å². The summed E-state index contributed by atoms with van der Waals surface area (Å²) in [5, 5.41) is 9.22. The molecule has 1 aliphatic rings. The monoisotopic (exact) mass is 185 g/mol. The molecule has 74 valence electrons. The van der Waals surface area contributed by atoms with Crippen LogP contribution in [0.2, 0.25) is 0 Å². The van der Waals surface area contributed by atoms with E-state index in [0.717, 1.165) is 0 Å². The molecule has 1 amide bonds. The molecule has 1 heterocycles. The zero-order valence-corrected chi connectivity index (χ0v) is 7.82. The number of aliphatic hydroxyl groups is 1. The second-order valence-corrected chi connectivity index (χ2v) is 3.19. The van der Waals surface area contributed by atoms with E-state index in [4.69, 9.17) is 4.74 Å². The fourth-order valence-corrected chi connectivity index (χ4v) is 1.54. The maximum atomic E-state index is 11.2. The van der Waals surface area contributed by atoms with Gasteiger partial charge in [0.15, 0.2) is 0 Å². The van der Waals surface area contributed by atoms with Gasteiger partial charge in [0.1, 0.15) is 5.54 Å². The van der Waals surface area contributed by atoms with Crippen LogP contribution in [0.25, 0.3) is 0 Å². The number of nitrogens with zero attached hydrogens (tertiary/aromatic N) is 1. The second kappa shape index (κ2) is 3.89. The molecular weight excluding hydrogens is 170 g/mol. The summed E-state index contributed by atoms with van der Waals surface area (Å²) < 4.78 is 5.22. The molecule has 1 aliphatic heterocycles. The Morgan fingerprint density at radius 1 is 1.85 bits per heavy atom. The van der Waals surface area contributed by atoms with E-state index >= 15 is 0 Å². The van der Waals surface area contributed by atoms with Gasteiger partial charge in [0.05, 0.1) is 19.8 Å². The molecule has 13 heavy (non-hydrogen) atoms. The highest BCUT2D eigenvalue weighted by Gasteiger charge is 2.37. The van der Waals surface area contributed by atoms with Gasteiger partial charge in [0.25, 0.3) is 0 Å². The molecule has 4 nitrogen and oxygen atoms in total. The molecule has 0 aliphatic carbocycles. The molecule has 0 saturated carbocycles. The van der Waals surface area contributed by atoms with Crippen LogP contribution >= 0.6 is 0 Å². The van der Waals surface area contributed by atoms with Crippen LogP contribution in [-0.2, 0) is 9.53 Å². The van der Waals surface area contributed by atoms with Crippen molar-refractivity contribution in [3.8, 4) is 0 Å². The first-order chi connectivity index (χ1) is 6.16. The first kappa shape index (κ1) is 10.2. The van der Waals surface area contributed by atoms with Crippen LogP contribution in [0, 0.1) is 0 Å². The van der Waals surface area contributed by atoms with E-state index in [9.17, 15) is 9.90 Å². The van der Waals surface area contributed by atoms with E-state index < -0.39 is 5.54 Å². The maximum absolute atomic E-state index is 11.2. The van der Waals surface area contributed by atoms with Gasteiger partial charge in [-0.2, -0.15) is 0 Å². The van der Waals surface area contributed by atoms with E-state index in [1.165, 1.54) is 6.92 Å². The third-order valence-corrected chi connectivity index (χ3v) is 2.38. The van der Waals surface area contributed by atoms with Crippen molar-refractivity contribution in [3.05, 3.63) is 12.7 Å². The Hall–Kier alpha value is -0.870. The van der Waals surface area contributed by atoms with Crippen molar-refractivity contribution in [1.82, 2.24) is 4.90 Å². The van der Waals surface area contributed by atoms with Crippen LogP contribution in [0.15, 0.2) is 12.7 Å². The number of rotatable bonds is 2. The Morgan fingerprint density at radius 2 is 2.54 bits per heavy atom. The molecule has 0 aromatic rings. The van der Waals surface area contributed by atoms with Crippen LogP contribution in [0.5, 0.6) is 0 Å². The first-order valence-electron chi connectivity index (χ1n) is 4.27. The zero-order valence-electron chi connectivity index (χ0n) is 7.82. The Morgan fingerprint density at radius 3 is 2.92 bits per heavy atom. The third-order valence-electron chi connectivity index (χ3n) is 2.38. The van der Waals surface area contributed by atoms with Gasteiger partial charge in [-0.1, -0.05) is 6.08 Å². The normalized spacial score (nSPS) is 28.6. The summed E-state index contributed by atoms with van der Waals surface area (Å²) in [6.45, 7) is 6.33. The minimum absolute atomic E-state index is 0.0581. The zero-order chi connectivity index (χ0) is 9.90. The first-order valence-corrected chi connectivity index (χ1v) is 4.27. The average molecular weight is 185 g/mol. The topological polar surface area (TPSA) is 49.8 Å². The van der Waals surface area contributed by atoms with Crippen molar-refractivity contribution in [2.45, 2.75) is 12.5 Å². The number of carbonyl (C=O) groups is 1. The molecule has 1 saturated heterocycles. The number of morpholine rings is 1. The van der Waals surface area contributed by atoms with Crippen LogP contribution in [-0.4, -0.2) is 47.8 Å². The van der Waals surface area contributed by atoms with Crippen LogP contribution in [0.4, 0.5) is 0 Å². The standard InChI is InChI=1S/C9H15NO3/c1-3-9(6-11)7-13-5-4-10(9)8(2)12/h3,11H,1,4-7H2,2H3. The van der Waals surface area contributed by atoms with Gasteiger partial charge in [0.2, 0.25) is 5.91 Å². The second-order valence-electron chi connectivity index (χ2n) is 3.19. The van der Waals surface area contributed by atoms with Gasteiger partial charge >= 0.3 is 0 Å². The van der Waals surface area contributed by atoms with Crippen LogP contribution < -0.4 is 0 Å². The van der Waals surface area contributed by atoms with Crippen molar-refractivity contribution in [1.29, 1.82) is 0 Å². The van der Waals surface area contributed by atoms with E-state index in [2.05, 4.69) is 6.58 Å². The molecule has 4 heteroatoms. The Labute approximate surface area is 77.8 Å². The van der Waals surface area contributed by atoms with E-state index in [0.29, 0.717) is 19.8 Å². The maximum Gasteiger partial charge on any atom is 0.220 e. The summed E-state index contributed by atoms with van der Waals surface area (Å²) >= 11 is 0. The van der Waals surface area contributed by atoms with Crippen LogP contribution in [0.1, 0.15) is 6.92 Å². The minimum Gasteiger partial charge on any atom is -0.393 e. The Bertz CT molecular complexity index is 217. The number of amides is 1. The fourth-order valence-electron chi connectivity index (χ4n) is 1.54. The molecule has 0 bridgehead atoms. The molecule has 1 atom stereocenters. The quantitative estimate of drug-likeness (QED) is 0.605. The van der Waals surface area contributed by atoms with Crippen molar-refractivity contribution in [2.24, 2.45) is 0 Å². The molecular formula is C9H15NO3. The van der Waals surface area contributed by atoms with Crippen molar-refractivity contribution in [2.75, 3.05) is 26.4 Å². The summed E-state index contributed by atoms with van der Waals surface area (Å²) in [6, 6.07) is 0. The Balaban J connectivity index is 2.87. The largest absolute Gasteiger partial charge is 0.393 e. The van der Waals surface area contributed by atoms with E-state index in [-0.39, 0.29) is 12.5 Å². The van der Waals surface area contributed by atoms with Gasteiger partial charge in [-0.05, 0) is 0 Å². The molecule has 1 rings (SSSR count). The molecule has 0 radical (unpaired) electrons. The molecule has 0 aromatic heterocycles. The van der Waals surface area contributed by atoms with Gasteiger partial charge in [-0.3, -0.25) is 4.79 Å². The van der Waals surface area contributed by atoms with Gasteiger partial charge in [0, 0.05) is 13.5 Å². The lowest BCUT2D eigenvalue weighted by atomic mass is 9.98. The molecule has 1 unspecified atom stereocenters. The van der Waals surface area contributed by atoms with Gasteiger partial charge in [-0.15, -0.1) is 6.58 Å². The minimum atomic E-state index is -0.718. The van der Waals surface area contributed by atoms with E-state index in [1.807, 2.05) is 0 Å². The van der Waals surface area contributed by atoms with Crippen LogP contribution in [0.3, 0.4) is 0 Å². The number of hydrogen-bond donors (Lipinski definition) is 1. The average Bonchev–Trinajstić information content (AvgIpc) is 2.17. The van der Waals surface area contributed by atoms with E-state index in [1.54, 1.807) is 11.0 Å². The molecule has 1 fully saturated rings. The Kier molecular flexibility index (Phi) is 3.06. The number of carbonyl (C=O) groups excluding carboxylic acids is 1. The van der Waals surface area contributed by atoms with Crippen molar-refractivity contribution in [3.63, 3.8) is 0 Å². The number of ether oxygens (including phenoxy) is 1. The predicted octanol–water partition coefficient (Wildman–Crippen LogP) is -0.218. The SMILES string of the molecule is C=CC1(CO)COCCN1C(C)=O. The lowest BCUT2D eigenvalue weighted by molar-refractivity contribution is -0.145. The van der Waals surface area contributed by atoms with Gasteiger partial charge in [-0.25, -0.2) is 0 Å². The third kappa shape index (κ3) is 1.73. The molecule has 1 N–H and O–H groups in total. The van der Waals surface area contributed by atoms with Crippen molar-refractivity contribution >= 4 is 5.91 Å². The highest BCUT2D eigenvalue weighted by atomic mass is 16.5. The summed E-state index contributed by atoms with van der Waals surface area (Å²) in [4.78, 5) is 12.8. The fraction of sp³-hybridized carbons (Fsp3) is 0.667. The smallest absolute Gasteiger partial charge is 0.220 e. The molecule has 0 spiro atoms. The van der Waals surface area contributed by atoms with Gasteiger partial charge < -0.3 is 14.7 Å². The lowest BCUT2D eigenvalue weighted by Crippen LogP contribution is -2.59. The summed E-state index contributed by atoms with van der Waals surface area (Å²) in [7, 11) is 0. The summed E-state index contributed by atoms with van der Waals surface area (Å²) in [5.41, 5.74) is -0.718.